The normalized spacial score (nSPS) is 23.0. The Kier molecular flexibility index (Phi) is 6.49. The molecule has 1 fully saturated rings. The third kappa shape index (κ3) is 4.04. The first-order valence-electron chi connectivity index (χ1n) is 7.27. The van der Waals surface area contributed by atoms with Crippen molar-refractivity contribution in [2.24, 2.45) is 5.41 Å². The number of carbonyl (C=O) groups is 3. The van der Waals surface area contributed by atoms with Gasteiger partial charge in [-0.25, -0.2) is 0 Å². The molecule has 6 heteroatoms. The Morgan fingerprint density at radius 1 is 1.45 bits per heavy atom. The van der Waals surface area contributed by atoms with E-state index in [4.69, 9.17) is 9.57 Å². The fourth-order valence-electron chi connectivity index (χ4n) is 2.50. The number of hydroxylamine groups is 1. The lowest BCUT2D eigenvalue weighted by atomic mass is 9.71. The predicted molar refractivity (Wildman–Crippen MR) is 80.6 cm³/mol. The van der Waals surface area contributed by atoms with Crippen molar-refractivity contribution >= 4 is 18.0 Å². The molecule has 0 spiro atoms. The fourth-order valence-corrected chi connectivity index (χ4v) is 2.50. The van der Waals surface area contributed by atoms with E-state index in [0.29, 0.717) is 12.1 Å². The van der Waals surface area contributed by atoms with Crippen LogP contribution < -0.4 is 5.48 Å². The van der Waals surface area contributed by atoms with Crippen molar-refractivity contribution in [3.8, 4) is 0 Å². The SMILES string of the molecule is C=CCONC(CCC)=C1C(=O)CC(C)(C)C(OC=O)C1=O. The van der Waals surface area contributed by atoms with Crippen LogP contribution in [0.4, 0.5) is 0 Å². The lowest BCUT2D eigenvalue weighted by Crippen LogP contribution is -2.48. The highest BCUT2D eigenvalue weighted by molar-refractivity contribution is 6.24. The highest BCUT2D eigenvalue weighted by Gasteiger charge is 2.47. The molecule has 0 aliphatic heterocycles. The van der Waals surface area contributed by atoms with E-state index in [0.717, 1.165) is 6.42 Å². The van der Waals surface area contributed by atoms with Crippen molar-refractivity contribution < 1.29 is 24.0 Å². The van der Waals surface area contributed by atoms with E-state index in [2.05, 4.69) is 12.1 Å². The molecule has 0 saturated heterocycles. The van der Waals surface area contributed by atoms with Gasteiger partial charge in [0.1, 0.15) is 0 Å². The zero-order valence-corrected chi connectivity index (χ0v) is 13.3. The Labute approximate surface area is 130 Å². The molecule has 1 rings (SSSR count). The maximum Gasteiger partial charge on any atom is 0.293 e. The molecular weight excluding hydrogens is 286 g/mol. The van der Waals surface area contributed by atoms with Gasteiger partial charge < -0.3 is 4.74 Å². The minimum Gasteiger partial charge on any atom is -0.456 e. The number of hydrogen-bond acceptors (Lipinski definition) is 6. The molecule has 0 radical (unpaired) electrons. The Morgan fingerprint density at radius 2 is 2.14 bits per heavy atom. The molecule has 0 amide bonds. The summed E-state index contributed by atoms with van der Waals surface area (Å²) in [7, 11) is 0. The summed E-state index contributed by atoms with van der Waals surface area (Å²) in [5.74, 6) is -0.745. The predicted octanol–water partition coefficient (Wildman–Crippen LogP) is 1.86. The van der Waals surface area contributed by atoms with Gasteiger partial charge in [0, 0.05) is 11.8 Å². The van der Waals surface area contributed by atoms with Gasteiger partial charge in [0.15, 0.2) is 11.9 Å². The van der Waals surface area contributed by atoms with Gasteiger partial charge in [-0.3, -0.25) is 24.7 Å². The highest BCUT2D eigenvalue weighted by Crippen LogP contribution is 2.37. The summed E-state index contributed by atoms with van der Waals surface area (Å²) in [5.41, 5.74) is 2.40. The lowest BCUT2D eigenvalue weighted by Gasteiger charge is -2.36. The molecule has 1 saturated carbocycles. The van der Waals surface area contributed by atoms with Crippen molar-refractivity contribution in [3.05, 3.63) is 23.9 Å². The van der Waals surface area contributed by atoms with Gasteiger partial charge in [-0.1, -0.05) is 33.3 Å². The van der Waals surface area contributed by atoms with Crippen LogP contribution >= 0.6 is 0 Å². The third-order valence-corrected chi connectivity index (χ3v) is 3.48. The molecule has 1 unspecified atom stereocenters. The van der Waals surface area contributed by atoms with E-state index < -0.39 is 17.3 Å². The number of Topliss-reactive ketones (excluding diaryl/α,β-unsaturated/α-hetero) is 2. The average molecular weight is 309 g/mol. The molecule has 1 N–H and O–H groups in total. The highest BCUT2D eigenvalue weighted by atomic mass is 16.6. The van der Waals surface area contributed by atoms with Crippen LogP contribution in [0, 0.1) is 5.41 Å². The zero-order valence-electron chi connectivity index (χ0n) is 13.3. The second-order valence-electron chi connectivity index (χ2n) is 5.87. The maximum atomic E-state index is 12.6. The molecule has 0 bridgehead atoms. The Hall–Kier alpha value is -1.95. The van der Waals surface area contributed by atoms with Gasteiger partial charge in [0.2, 0.25) is 5.78 Å². The molecule has 6 nitrogen and oxygen atoms in total. The van der Waals surface area contributed by atoms with Crippen LogP contribution in [0.5, 0.6) is 0 Å². The van der Waals surface area contributed by atoms with Crippen LogP contribution in [-0.2, 0) is 24.0 Å². The summed E-state index contributed by atoms with van der Waals surface area (Å²) in [6, 6.07) is 0. The van der Waals surface area contributed by atoms with Gasteiger partial charge in [0.25, 0.3) is 6.47 Å². The molecule has 0 heterocycles. The quantitative estimate of drug-likeness (QED) is 0.184. The molecule has 1 aliphatic carbocycles. The Balaban J connectivity index is 3.18. The number of carbonyl (C=O) groups excluding carboxylic acids is 3. The first-order valence-corrected chi connectivity index (χ1v) is 7.27. The first kappa shape index (κ1) is 18.1. The average Bonchev–Trinajstić information content (AvgIpc) is 2.43. The van der Waals surface area contributed by atoms with E-state index in [1.165, 1.54) is 0 Å². The topological polar surface area (TPSA) is 81.7 Å². The van der Waals surface area contributed by atoms with Crippen LogP contribution in [0.25, 0.3) is 0 Å². The van der Waals surface area contributed by atoms with Crippen LogP contribution in [0.15, 0.2) is 23.9 Å². The first-order chi connectivity index (χ1) is 10.4. The largest absolute Gasteiger partial charge is 0.456 e. The lowest BCUT2D eigenvalue weighted by molar-refractivity contribution is -0.154. The van der Waals surface area contributed by atoms with Crippen LogP contribution in [0.3, 0.4) is 0 Å². The van der Waals surface area contributed by atoms with E-state index in [9.17, 15) is 14.4 Å². The van der Waals surface area contributed by atoms with Crippen LogP contribution in [0.1, 0.15) is 40.0 Å². The second kappa shape index (κ2) is 7.89. The van der Waals surface area contributed by atoms with Gasteiger partial charge in [0.05, 0.1) is 17.9 Å². The minimum absolute atomic E-state index is 0.0390. The van der Waals surface area contributed by atoms with Gasteiger partial charge >= 0.3 is 0 Å². The van der Waals surface area contributed by atoms with E-state index in [-0.39, 0.29) is 30.9 Å². The number of ether oxygens (including phenoxy) is 1. The van der Waals surface area contributed by atoms with Gasteiger partial charge in [-0.2, -0.15) is 0 Å². The van der Waals surface area contributed by atoms with Gasteiger partial charge in [-0.15, -0.1) is 6.58 Å². The van der Waals surface area contributed by atoms with Crippen molar-refractivity contribution in [2.75, 3.05) is 6.61 Å². The number of ketones is 2. The smallest absolute Gasteiger partial charge is 0.293 e. The van der Waals surface area contributed by atoms with Crippen molar-refractivity contribution in [3.63, 3.8) is 0 Å². The standard InChI is InChI=1S/C16H23NO5/c1-5-7-11(17-22-8-6-2)13-12(19)9-16(3,4)15(14(13)20)21-10-18/h6,10,15,17H,2,5,7-9H2,1,3-4H3. The summed E-state index contributed by atoms with van der Waals surface area (Å²) in [6.45, 7) is 9.40. The van der Waals surface area contributed by atoms with E-state index in [1.807, 2.05) is 6.92 Å². The zero-order chi connectivity index (χ0) is 16.8. The summed E-state index contributed by atoms with van der Waals surface area (Å²) in [4.78, 5) is 40.8. The second-order valence-corrected chi connectivity index (χ2v) is 5.87. The molecule has 0 aromatic rings. The minimum atomic E-state index is -0.967. The third-order valence-electron chi connectivity index (χ3n) is 3.48. The molecule has 0 aromatic carbocycles. The molecule has 22 heavy (non-hydrogen) atoms. The van der Waals surface area contributed by atoms with E-state index >= 15 is 0 Å². The number of allylic oxidation sites excluding steroid dienone is 1. The van der Waals surface area contributed by atoms with Crippen molar-refractivity contribution in [1.29, 1.82) is 0 Å². The maximum absolute atomic E-state index is 12.6. The fraction of sp³-hybridized carbons (Fsp3) is 0.562. The summed E-state index contributed by atoms with van der Waals surface area (Å²) >= 11 is 0. The number of hydrogen-bond donors (Lipinski definition) is 1. The monoisotopic (exact) mass is 309 g/mol. The van der Waals surface area contributed by atoms with Crippen molar-refractivity contribution in [2.45, 2.75) is 46.1 Å². The molecular formula is C16H23NO5. The Bertz CT molecular complexity index is 493. The van der Waals surface area contributed by atoms with Crippen molar-refractivity contribution in [1.82, 2.24) is 5.48 Å². The van der Waals surface area contributed by atoms with Crippen LogP contribution in [0.2, 0.25) is 0 Å². The molecule has 1 atom stereocenters. The molecule has 122 valence electrons. The Morgan fingerprint density at radius 3 is 2.68 bits per heavy atom. The number of rotatable bonds is 8. The van der Waals surface area contributed by atoms with E-state index in [1.54, 1.807) is 19.9 Å². The van der Waals surface area contributed by atoms with Crippen LogP contribution in [-0.4, -0.2) is 30.7 Å². The molecule has 0 aromatic heterocycles. The summed E-state index contributed by atoms with van der Waals surface area (Å²) < 4.78 is 4.94. The number of nitrogens with one attached hydrogen (secondary N) is 1. The summed E-state index contributed by atoms with van der Waals surface area (Å²) in [6.07, 6.45) is 1.92. The molecule has 1 aliphatic rings. The summed E-state index contributed by atoms with van der Waals surface area (Å²) in [5, 5.41) is 0. The van der Waals surface area contributed by atoms with Gasteiger partial charge in [-0.05, 0) is 6.42 Å².